The van der Waals surface area contributed by atoms with Crippen LogP contribution in [0.4, 0.5) is 0 Å². The molecule has 0 aliphatic heterocycles. The number of para-hydroxylation sites is 1. The minimum Gasteiger partial charge on any atom is -0.486 e. The summed E-state index contributed by atoms with van der Waals surface area (Å²) in [5, 5.41) is 2.75. The third-order valence-electron chi connectivity index (χ3n) is 4.23. The molecule has 1 aromatic heterocycles. The van der Waals surface area contributed by atoms with Gasteiger partial charge in [-0.3, -0.25) is 4.79 Å². The van der Waals surface area contributed by atoms with Gasteiger partial charge in [-0.15, -0.1) is 0 Å². The Balaban J connectivity index is 1.47. The van der Waals surface area contributed by atoms with Gasteiger partial charge in [-0.1, -0.05) is 48.0 Å². The van der Waals surface area contributed by atoms with Crippen LogP contribution in [0.5, 0.6) is 5.75 Å². The maximum atomic E-state index is 12.2. The lowest BCUT2D eigenvalue weighted by atomic mass is 10.1. The van der Waals surface area contributed by atoms with E-state index in [-0.39, 0.29) is 18.3 Å². The van der Waals surface area contributed by atoms with Crippen LogP contribution in [0.2, 0.25) is 0 Å². The van der Waals surface area contributed by atoms with Gasteiger partial charge in [0, 0.05) is 6.54 Å². The van der Waals surface area contributed by atoms with Crippen molar-refractivity contribution >= 4 is 11.9 Å². The SMILES string of the molecule is Cc1ccc(CNC(=O)[C@@H](C)OC(=O)c2ccc(COc3ccccc3)o2)cc1. The number of hydrogen-bond acceptors (Lipinski definition) is 5. The van der Waals surface area contributed by atoms with E-state index in [4.69, 9.17) is 13.9 Å². The minimum atomic E-state index is -0.943. The third-order valence-corrected chi connectivity index (χ3v) is 4.23. The largest absolute Gasteiger partial charge is 0.486 e. The van der Waals surface area contributed by atoms with Gasteiger partial charge >= 0.3 is 5.97 Å². The summed E-state index contributed by atoms with van der Waals surface area (Å²) >= 11 is 0. The molecule has 0 saturated heterocycles. The molecule has 3 rings (SSSR count). The fourth-order valence-corrected chi connectivity index (χ4v) is 2.55. The monoisotopic (exact) mass is 393 g/mol. The molecule has 0 unspecified atom stereocenters. The minimum absolute atomic E-state index is 0.0230. The third kappa shape index (κ3) is 5.97. The second-order valence-corrected chi connectivity index (χ2v) is 6.62. The number of amides is 1. The molecule has 0 radical (unpaired) electrons. The molecule has 150 valence electrons. The first kappa shape index (κ1) is 20.2. The number of aryl methyl sites for hydroxylation is 1. The van der Waals surface area contributed by atoms with Crippen LogP contribution in [0.1, 0.15) is 34.4 Å². The van der Waals surface area contributed by atoms with E-state index in [1.54, 1.807) is 6.07 Å². The van der Waals surface area contributed by atoms with Gasteiger partial charge in [0.1, 0.15) is 18.1 Å². The fraction of sp³-hybridized carbons (Fsp3) is 0.217. The van der Waals surface area contributed by atoms with Crippen molar-refractivity contribution in [3.8, 4) is 5.75 Å². The van der Waals surface area contributed by atoms with Gasteiger partial charge in [0.2, 0.25) is 5.76 Å². The standard InChI is InChI=1S/C23H23NO5/c1-16-8-10-18(11-9-16)14-24-22(25)17(2)28-23(26)21-13-12-20(29-21)15-27-19-6-4-3-5-7-19/h3-13,17H,14-15H2,1-2H3,(H,24,25)/t17-/m1/s1. The van der Waals surface area contributed by atoms with Gasteiger partial charge in [-0.05, 0) is 43.7 Å². The first-order valence-electron chi connectivity index (χ1n) is 9.32. The number of esters is 1. The molecule has 6 heteroatoms. The predicted molar refractivity (Wildman–Crippen MR) is 107 cm³/mol. The van der Waals surface area contributed by atoms with E-state index in [0.717, 1.165) is 11.1 Å². The maximum Gasteiger partial charge on any atom is 0.375 e. The van der Waals surface area contributed by atoms with Crippen molar-refractivity contribution in [1.82, 2.24) is 5.32 Å². The Morgan fingerprint density at radius 1 is 1.00 bits per heavy atom. The van der Waals surface area contributed by atoms with Crippen LogP contribution in [-0.2, 0) is 22.7 Å². The molecule has 0 bridgehead atoms. The van der Waals surface area contributed by atoms with Gasteiger partial charge in [-0.25, -0.2) is 4.79 Å². The normalized spacial score (nSPS) is 11.5. The molecule has 1 amide bonds. The molecule has 6 nitrogen and oxygen atoms in total. The summed E-state index contributed by atoms with van der Waals surface area (Å²) in [7, 11) is 0. The highest BCUT2D eigenvalue weighted by molar-refractivity contribution is 5.90. The van der Waals surface area contributed by atoms with Crippen LogP contribution < -0.4 is 10.1 Å². The lowest BCUT2D eigenvalue weighted by Gasteiger charge is -2.13. The number of nitrogens with one attached hydrogen (secondary N) is 1. The van der Waals surface area contributed by atoms with Crippen LogP contribution in [0.25, 0.3) is 0 Å². The Hall–Kier alpha value is -3.54. The van der Waals surface area contributed by atoms with Crippen molar-refractivity contribution in [2.45, 2.75) is 33.1 Å². The lowest BCUT2D eigenvalue weighted by molar-refractivity contribution is -0.129. The van der Waals surface area contributed by atoms with E-state index in [2.05, 4.69) is 5.32 Å². The number of benzene rings is 2. The van der Waals surface area contributed by atoms with Crippen molar-refractivity contribution in [3.05, 3.63) is 89.4 Å². The average Bonchev–Trinajstić information content (AvgIpc) is 3.21. The van der Waals surface area contributed by atoms with Gasteiger partial charge in [0.05, 0.1) is 0 Å². The predicted octanol–water partition coefficient (Wildman–Crippen LogP) is 4.03. The highest BCUT2D eigenvalue weighted by atomic mass is 16.6. The Kier molecular flexibility index (Phi) is 6.68. The van der Waals surface area contributed by atoms with E-state index >= 15 is 0 Å². The summed E-state index contributed by atoms with van der Waals surface area (Å²) in [6.45, 7) is 4.06. The average molecular weight is 393 g/mol. The lowest BCUT2D eigenvalue weighted by Crippen LogP contribution is -2.35. The van der Waals surface area contributed by atoms with Crippen LogP contribution in [0.3, 0.4) is 0 Å². The van der Waals surface area contributed by atoms with Crippen molar-refractivity contribution in [2.75, 3.05) is 0 Å². The number of carbonyl (C=O) groups is 2. The molecule has 1 N–H and O–H groups in total. The second kappa shape index (κ2) is 9.59. The molecule has 0 aliphatic carbocycles. The molecular formula is C23H23NO5. The van der Waals surface area contributed by atoms with E-state index in [1.165, 1.54) is 13.0 Å². The van der Waals surface area contributed by atoms with E-state index in [1.807, 2.05) is 61.5 Å². The number of rotatable bonds is 8. The molecular weight excluding hydrogens is 370 g/mol. The molecule has 29 heavy (non-hydrogen) atoms. The van der Waals surface area contributed by atoms with Crippen molar-refractivity contribution in [3.63, 3.8) is 0 Å². The van der Waals surface area contributed by atoms with E-state index < -0.39 is 12.1 Å². The second-order valence-electron chi connectivity index (χ2n) is 6.62. The summed E-state index contributed by atoms with van der Waals surface area (Å²) in [6, 6.07) is 20.3. The zero-order valence-electron chi connectivity index (χ0n) is 16.4. The molecule has 0 spiro atoms. The van der Waals surface area contributed by atoms with Gasteiger partial charge in [0.15, 0.2) is 6.10 Å². The van der Waals surface area contributed by atoms with Crippen LogP contribution >= 0.6 is 0 Å². The van der Waals surface area contributed by atoms with Gasteiger partial charge in [-0.2, -0.15) is 0 Å². The summed E-state index contributed by atoms with van der Waals surface area (Å²) in [6.07, 6.45) is -0.943. The van der Waals surface area contributed by atoms with Crippen molar-refractivity contribution in [1.29, 1.82) is 0 Å². The Bertz CT molecular complexity index is 947. The molecule has 1 heterocycles. The Morgan fingerprint density at radius 3 is 2.45 bits per heavy atom. The molecule has 3 aromatic rings. The smallest absolute Gasteiger partial charge is 0.375 e. The number of carbonyl (C=O) groups excluding carboxylic acids is 2. The van der Waals surface area contributed by atoms with Crippen molar-refractivity contribution < 1.29 is 23.5 Å². The highest BCUT2D eigenvalue weighted by Gasteiger charge is 2.21. The highest BCUT2D eigenvalue weighted by Crippen LogP contribution is 2.15. The van der Waals surface area contributed by atoms with Crippen LogP contribution in [0, 0.1) is 6.92 Å². The number of furan rings is 1. The molecule has 2 aromatic carbocycles. The summed E-state index contributed by atoms with van der Waals surface area (Å²) < 4.78 is 16.2. The number of ether oxygens (including phenoxy) is 2. The first-order valence-corrected chi connectivity index (χ1v) is 9.32. The van der Waals surface area contributed by atoms with Crippen LogP contribution in [0.15, 0.2) is 71.1 Å². The molecule has 1 atom stereocenters. The Labute approximate surface area is 169 Å². The van der Waals surface area contributed by atoms with E-state index in [9.17, 15) is 9.59 Å². The quantitative estimate of drug-likeness (QED) is 0.585. The van der Waals surface area contributed by atoms with Crippen molar-refractivity contribution in [2.24, 2.45) is 0 Å². The first-order chi connectivity index (χ1) is 14.0. The zero-order valence-corrected chi connectivity index (χ0v) is 16.4. The summed E-state index contributed by atoms with van der Waals surface area (Å²) in [5.74, 6) is 0.131. The molecule has 0 saturated carbocycles. The topological polar surface area (TPSA) is 77.8 Å². The maximum absolute atomic E-state index is 12.2. The summed E-state index contributed by atoms with van der Waals surface area (Å²) in [5.41, 5.74) is 2.12. The zero-order chi connectivity index (χ0) is 20.6. The van der Waals surface area contributed by atoms with Gasteiger partial charge < -0.3 is 19.2 Å². The number of hydrogen-bond donors (Lipinski definition) is 1. The fourth-order valence-electron chi connectivity index (χ4n) is 2.55. The molecule has 0 fully saturated rings. The van der Waals surface area contributed by atoms with Crippen LogP contribution in [-0.4, -0.2) is 18.0 Å². The van der Waals surface area contributed by atoms with E-state index in [0.29, 0.717) is 18.1 Å². The van der Waals surface area contributed by atoms with Gasteiger partial charge in [0.25, 0.3) is 5.91 Å². The molecule has 0 aliphatic rings. The summed E-state index contributed by atoms with van der Waals surface area (Å²) in [4.78, 5) is 24.4. The Morgan fingerprint density at radius 2 is 1.72 bits per heavy atom.